The number of carbonyl (C=O) groups excluding carboxylic acids is 2. The standard InChI is InChI=1S/C24H24N4O3/c1-14-11-12-25-20(13-14)26-24(30)22-16(3)21-18(9-6-10-19(21)31-22)27-28-23(29)17-8-5-4-7-15(17)2/h4-5,7-8,11-13H,6,9-10H2,1-3H3,(H,28,29)(H,25,26,30)/b27-18+. The Hall–Kier alpha value is -3.74. The number of furan rings is 1. The molecule has 0 saturated carbocycles. The molecule has 1 aromatic carbocycles. The maximum Gasteiger partial charge on any atom is 0.292 e. The molecule has 2 heterocycles. The Morgan fingerprint density at radius 1 is 1.06 bits per heavy atom. The molecule has 0 saturated heterocycles. The highest BCUT2D eigenvalue weighted by Crippen LogP contribution is 2.30. The van der Waals surface area contributed by atoms with E-state index in [9.17, 15) is 9.59 Å². The minimum absolute atomic E-state index is 0.244. The zero-order valence-electron chi connectivity index (χ0n) is 17.8. The molecule has 158 valence electrons. The number of rotatable bonds is 4. The molecular weight excluding hydrogens is 392 g/mol. The number of pyridine rings is 1. The van der Waals surface area contributed by atoms with Crippen LogP contribution in [0, 0.1) is 20.8 Å². The van der Waals surface area contributed by atoms with Gasteiger partial charge in [0.05, 0.1) is 5.71 Å². The van der Waals surface area contributed by atoms with Crippen molar-refractivity contribution < 1.29 is 14.0 Å². The molecule has 1 aliphatic carbocycles. The van der Waals surface area contributed by atoms with Crippen LogP contribution in [0.4, 0.5) is 5.82 Å². The van der Waals surface area contributed by atoms with E-state index < -0.39 is 0 Å². The number of hydrogen-bond donors (Lipinski definition) is 2. The molecular formula is C24H24N4O3. The predicted octanol–water partition coefficient (Wildman–Crippen LogP) is 4.32. The molecule has 4 rings (SSSR count). The Balaban J connectivity index is 1.58. The Morgan fingerprint density at radius 2 is 1.87 bits per heavy atom. The molecule has 2 aromatic heterocycles. The summed E-state index contributed by atoms with van der Waals surface area (Å²) in [5, 5.41) is 7.17. The molecule has 1 aliphatic rings. The van der Waals surface area contributed by atoms with E-state index in [0.717, 1.165) is 41.0 Å². The van der Waals surface area contributed by atoms with Gasteiger partial charge in [0.25, 0.3) is 11.8 Å². The van der Waals surface area contributed by atoms with Gasteiger partial charge in [-0.1, -0.05) is 18.2 Å². The Bertz CT molecular complexity index is 1190. The van der Waals surface area contributed by atoms with Crippen molar-refractivity contribution in [2.45, 2.75) is 40.0 Å². The van der Waals surface area contributed by atoms with Gasteiger partial charge in [-0.2, -0.15) is 5.10 Å². The van der Waals surface area contributed by atoms with E-state index in [1.165, 1.54) is 0 Å². The number of nitrogens with zero attached hydrogens (tertiary/aromatic N) is 2. The maximum atomic E-state index is 12.8. The Morgan fingerprint density at radius 3 is 2.65 bits per heavy atom. The summed E-state index contributed by atoms with van der Waals surface area (Å²) in [6, 6.07) is 11.0. The molecule has 31 heavy (non-hydrogen) atoms. The summed E-state index contributed by atoms with van der Waals surface area (Å²) in [6.07, 6.45) is 3.89. The van der Waals surface area contributed by atoms with Crippen LogP contribution in [-0.2, 0) is 6.42 Å². The topological polar surface area (TPSA) is 96.6 Å². The van der Waals surface area contributed by atoms with E-state index in [1.807, 2.05) is 45.0 Å². The number of fused-ring (bicyclic) bond motifs is 1. The third-order valence-electron chi connectivity index (χ3n) is 5.37. The highest BCUT2D eigenvalue weighted by molar-refractivity contribution is 6.09. The van der Waals surface area contributed by atoms with Crippen molar-refractivity contribution in [2.75, 3.05) is 5.32 Å². The minimum Gasteiger partial charge on any atom is -0.455 e. The molecule has 0 bridgehead atoms. The van der Waals surface area contributed by atoms with Crippen molar-refractivity contribution in [2.24, 2.45) is 5.10 Å². The predicted molar refractivity (Wildman–Crippen MR) is 118 cm³/mol. The first-order chi connectivity index (χ1) is 14.9. The van der Waals surface area contributed by atoms with E-state index in [0.29, 0.717) is 23.4 Å². The van der Waals surface area contributed by atoms with Gasteiger partial charge in [0.2, 0.25) is 0 Å². The molecule has 0 aliphatic heterocycles. The van der Waals surface area contributed by atoms with Crippen LogP contribution < -0.4 is 10.7 Å². The second-order valence-corrected chi connectivity index (χ2v) is 7.69. The zero-order valence-corrected chi connectivity index (χ0v) is 17.8. The summed E-state index contributed by atoms with van der Waals surface area (Å²) in [5.41, 5.74) is 7.36. The van der Waals surface area contributed by atoms with Crippen LogP contribution in [0.5, 0.6) is 0 Å². The smallest absolute Gasteiger partial charge is 0.292 e. The number of aromatic nitrogens is 1. The fraction of sp³-hybridized carbons (Fsp3) is 0.250. The normalized spacial score (nSPS) is 14.2. The lowest BCUT2D eigenvalue weighted by molar-refractivity contribution is 0.0952. The number of carbonyl (C=O) groups is 2. The zero-order chi connectivity index (χ0) is 22.0. The van der Waals surface area contributed by atoms with Gasteiger partial charge in [-0.15, -0.1) is 0 Å². The number of amides is 2. The average Bonchev–Trinajstić information content (AvgIpc) is 3.10. The van der Waals surface area contributed by atoms with Gasteiger partial charge < -0.3 is 9.73 Å². The third kappa shape index (κ3) is 4.26. The van der Waals surface area contributed by atoms with E-state index in [4.69, 9.17) is 4.42 Å². The number of anilines is 1. The summed E-state index contributed by atoms with van der Waals surface area (Å²) in [7, 11) is 0. The quantitative estimate of drug-likeness (QED) is 0.619. The molecule has 7 heteroatoms. The first kappa shape index (κ1) is 20.5. The summed E-state index contributed by atoms with van der Waals surface area (Å²) in [5.74, 6) is 0.817. The number of hydrazone groups is 1. The maximum absolute atomic E-state index is 12.8. The highest BCUT2D eigenvalue weighted by Gasteiger charge is 2.28. The van der Waals surface area contributed by atoms with Gasteiger partial charge in [-0.25, -0.2) is 10.4 Å². The first-order valence-electron chi connectivity index (χ1n) is 10.2. The highest BCUT2D eigenvalue weighted by atomic mass is 16.4. The lowest BCUT2D eigenvalue weighted by atomic mass is 9.93. The largest absolute Gasteiger partial charge is 0.455 e. The van der Waals surface area contributed by atoms with Crippen LogP contribution >= 0.6 is 0 Å². The lowest BCUT2D eigenvalue weighted by Crippen LogP contribution is -2.22. The van der Waals surface area contributed by atoms with E-state index in [1.54, 1.807) is 18.3 Å². The van der Waals surface area contributed by atoms with Crippen molar-refractivity contribution in [3.05, 3.63) is 81.9 Å². The van der Waals surface area contributed by atoms with Crippen molar-refractivity contribution >= 4 is 23.3 Å². The van der Waals surface area contributed by atoms with Crippen molar-refractivity contribution in [3.8, 4) is 0 Å². The van der Waals surface area contributed by atoms with Crippen LogP contribution in [0.3, 0.4) is 0 Å². The molecule has 3 aromatic rings. The second-order valence-electron chi connectivity index (χ2n) is 7.69. The molecule has 0 radical (unpaired) electrons. The van der Waals surface area contributed by atoms with Gasteiger partial charge in [0.15, 0.2) is 5.76 Å². The molecule has 2 amide bonds. The number of benzene rings is 1. The molecule has 0 spiro atoms. The van der Waals surface area contributed by atoms with E-state index in [-0.39, 0.29) is 17.6 Å². The summed E-state index contributed by atoms with van der Waals surface area (Å²) < 4.78 is 5.91. The molecule has 7 nitrogen and oxygen atoms in total. The number of nitrogens with one attached hydrogen (secondary N) is 2. The van der Waals surface area contributed by atoms with Crippen molar-refractivity contribution in [3.63, 3.8) is 0 Å². The van der Waals surface area contributed by atoms with Gasteiger partial charge in [0, 0.05) is 29.3 Å². The number of aryl methyl sites for hydroxylation is 3. The summed E-state index contributed by atoms with van der Waals surface area (Å²) in [4.78, 5) is 29.5. The van der Waals surface area contributed by atoms with Crippen LogP contribution in [0.2, 0.25) is 0 Å². The molecule has 0 unspecified atom stereocenters. The Labute approximate surface area is 180 Å². The average molecular weight is 416 g/mol. The van der Waals surface area contributed by atoms with Gasteiger partial charge in [-0.3, -0.25) is 9.59 Å². The molecule has 2 N–H and O–H groups in total. The first-order valence-corrected chi connectivity index (χ1v) is 10.2. The fourth-order valence-corrected chi connectivity index (χ4v) is 3.78. The van der Waals surface area contributed by atoms with Crippen LogP contribution in [0.15, 0.2) is 52.1 Å². The van der Waals surface area contributed by atoms with Crippen LogP contribution in [0.1, 0.15) is 61.8 Å². The SMILES string of the molecule is Cc1ccnc(NC(=O)c2oc3c(c2C)/C(=N/NC(=O)c2ccccc2C)CCC3)c1. The molecule has 0 fully saturated rings. The van der Waals surface area contributed by atoms with E-state index >= 15 is 0 Å². The third-order valence-corrected chi connectivity index (χ3v) is 5.37. The summed E-state index contributed by atoms with van der Waals surface area (Å²) in [6.45, 7) is 5.65. The van der Waals surface area contributed by atoms with E-state index in [2.05, 4.69) is 20.8 Å². The number of hydrogen-bond acceptors (Lipinski definition) is 5. The fourth-order valence-electron chi connectivity index (χ4n) is 3.78. The molecule has 0 atom stereocenters. The van der Waals surface area contributed by atoms with Crippen molar-refractivity contribution in [1.82, 2.24) is 10.4 Å². The lowest BCUT2D eigenvalue weighted by Gasteiger charge is -2.13. The Kier molecular flexibility index (Phi) is 5.66. The van der Waals surface area contributed by atoms with Crippen LogP contribution in [0.25, 0.3) is 0 Å². The van der Waals surface area contributed by atoms with Crippen LogP contribution in [-0.4, -0.2) is 22.5 Å². The van der Waals surface area contributed by atoms with Gasteiger partial charge in [0.1, 0.15) is 11.6 Å². The van der Waals surface area contributed by atoms with Gasteiger partial charge >= 0.3 is 0 Å². The monoisotopic (exact) mass is 416 g/mol. The minimum atomic E-state index is -0.353. The van der Waals surface area contributed by atoms with Gasteiger partial charge in [-0.05, 0) is 62.9 Å². The second kappa shape index (κ2) is 8.55. The summed E-state index contributed by atoms with van der Waals surface area (Å²) >= 11 is 0. The van der Waals surface area contributed by atoms with Crippen molar-refractivity contribution in [1.29, 1.82) is 0 Å².